The maximum absolute atomic E-state index is 13.8. The summed E-state index contributed by atoms with van der Waals surface area (Å²) in [4.78, 5) is 20.1. The van der Waals surface area contributed by atoms with Gasteiger partial charge in [0.1, 0.15) is 12.4 Å². The maximum Gasteiger partial charge on any atom is 0.414 e. The van der Waals surface area contributed by atoms with Crippen LogP contribution in [-0.2, 0) is 24.2 Å². The van der Waals surface area contributed by atoms with E-state index in [0.717, 1.165) is 36.3 Å². The number of benzene rings is 2. The maximum atomic E-state index is 13.8. The van der Waals surface area contributed by atoms with Crippen molar-refractivity contribution in [2.45, 2.75) is 19.5 Å². The van der Waals surface area contributed by atoms with Gasteiger partial charge in [-0.15, -0.1) is 0 Å². The fourth-order valence-electron chi connectivity index (χ4n) is 4.84. The number of ether oxygens (including phenoxy) is 3. The number of rotatable bonds is 4. The number of hydrogen-bond acceptors (Lipinski definition) is 6. The lowest BCUT2D eigenvalue weighted by Gasteiger charge is -2.31. The molecule has 6 rings (SSSR count). The number of halogens is 1. The van der Waals surface area contributed by atoms with Crippen molar-refractivity contribution < 1.29 is 23.4 Å². The smallest absolute Gasteiger partial charge is 0.414 e. The fourth-order valence-corrected chi connectivity index (χ4v) is 4.84. The van der Waals surface area contributed by atoms with Crippen LogP contribution in [0, 0.1) is 5.82 Å². The third-order valence-corrected chi connectivity index (χ3v) is 6.33. The molecule has 1 amide bonds. The standard InChI is InChI=1S/C25H22FN3O4/c26-19-10-18(11-27-12-19)21-8-16(9-23-24(21)33-15-32-23)13-28-5-4-20-17(14-28)2-1-3-22(20)29-6-7-31-25(29)30/h1-3,8-12H,4-7,13-15H2. The van der Waals surface area contributed by atoms with Crippen molar-refractivity contribution in [3.63, 3.8) is 0 Å². The van der Waals surface area contributed by atoms with E-state index in [0.29, 0.717) is 36.8 Å². The van der Waals surface area contributed by atoms with Crippen LogP contribution in [0.3, 0.4) is 0 Å². The predicted molar refractivity (Wildman–Crippen MR) is 119 cm³/mol. The van der Waals surface area contributed by atoms with Crippen molar-refractivity contribution in [2.24, 2.45) is 0 Å². The fraction of sp³-hybridized carbons (Fsp3) is 0.280. The van der Waals surface area contributed by atoms with Crippen LogP contribution in [0.5, 0.6) is 11.5 Å². The summed E-state index contributed by atoms with van der Waals surface area (Å²) in [6.45, 7) is 3.51. The van der Waals surface area contributed by atoms with Gasteiger partial charge in [0.05, 0.1) is 18.4 Å². The summed E-state index contributed by atoms with van der Waals surface area (Å²) in [6, 6.07) is 11.6. The second-order valence-corrected chi connectivity index (χ2v) is 8.41. The van der Waals surface area contributed by atoms with Crippen LogP contribution in [0.2, 0.25) is 0 Å². The molecule has 3 aliphatic heterocycles. The molecule has 0 aliphatic carbocycles. The quantitative estimate of drug-likeness (QED) is 0.599. The SMILES string of the molecule is O=C1OCCN1c1cccc2c1CCN(Cc1cc3c(c(-c4cncc(F)c4)c1)OCO3)C2. The summed E-state index contributed by atoms with van der Waals surface area (Å²) >= 11 is 0. The predicted octanol–water partition coefficient (Wildman–Crippen LogP) is 4.13. The Bertz CT molecular complexity index is 1250. The summed E-state index contributed by atoms with van der Waals surface area (Å²) < 4.78 is 30.3. The van der Waals surface area contributed by atoms with Gasteiger partial charge in [-0.2, -0.15) is 0 Å². The van der Waals surface area contributed by atoms with Gasteiger partial charge in [-0.05, 0) is 47.4 Å². The molecule has 0 bridgehead atoms. The Hall–Kier alpha value is -3.65. The molecular weight excluding hydrogens is 425 g/mol. The molecule has 1 saturated heterocycles. The van der Waals surface area contributed by atoms with Crippen molar-refractivity contribution >= 4 is 11.8 Å². The Balaban J connectivity index is 1.27. The Labute approximate surface area is 190 Å². The molecule has 0 N–H and O–H groups in total. The van der Waals surface area contributed by atoms with Crippen molar-refractivity contribution in [1.29, 1.82) is 0 Å². The van der Waals surface area contributed by atoms with Gasteiger partial charge in [0.2, 0.25) is 6.79 Å². The third kappa shape index (κ3) is 3.66. The van der Waals surface area contributed by atoms with Gasteiger partial charge < -0.3 is 14.2 Å². The Kier molecular flexibility index (Phi) is 4.87. The van der Waals surface area contributed by atoms with E-state index in [2.05, 4.69) is 16.0 Å². The lowest BCUT2D eigenvalue weighted by atomic mass is 9.96. The van der Waals surface area contributed by atoms with Gasteiger partial charge in [0, 0.05) is 37.0 Å². The molecule has 3 aliphatic rings. The molecule has 168 valence electrons. The lowest BCUT2D eigenvalue weighted by Crippen LogP contribution is -2.32. The Morgan fingerprint density at radius 2 is 2.00 bits per heavy atom. The number of nitrogens with zero attached hydrogens (tertiary/aromatic N) is 3. The van der Waals surface area contributed by atoms with Crippen molar-refractivity contribution in [1.82, 2.24) is 9.88 Å². The molecule has 8 heteroatoms. The third-order valence-electron chi connectivity index (χ3n) is 6.33. The van der Waals surface area contributed by atoms with Crippen molar-refractivity contribution in [3.8, 4) is 22.6 Å². The van der Waals surface area contributed by atoms with E-state index in [4.69, 9.17) is 14.2 Å². The van der Waals surface area contributed by atoms with E-state index in [-0.39, 0.29) is 12.9 Å². The largest absolute Gasteiger partial charge is 0.454 e. The monoisotopic (exact) mass is 447 g/mol. The highest BCUT2D eigenvalue weighted by molar-refractivity contribution is 5.90. The molecule has 1 aromatic heterocycles. The highest BCUT2D eigenvalue weighted by Gasteiger charge is 2.29. The highest BCUT2D eigenvalue weighted by Crippen LogP contribution is 2.43. The first-order valence-corrected chi connectivity index (χ1v) is 11.0. The molecule has 7 nitrogen and oxygen atoms in total. The second-order valence-electron chi connectivity index (χ2n) is 8.41. The number of anilines is 1. The topological polar surface area (TPSA) is 64.1 Å². The summed E-state index contributed by atoms with van der Waals surface area (Å²) in [5, 5.41) is 0. The first-order chi connectivity index (χ1) is 16.2. The van der Waals surface area contributed by atoms with Crippen LogP contribution in [0.15, 0.2) is 48.8 Å². The van der Waals surface area contributed by atoms with Crippen LogP contribution in [0.25, 0.3) is 11.1 Å². The molecule has 0 unspecified atom stereocenters. The second kappa shape index (κ2) is 8.04. The molecule has 3 aromatic rings. The number of fused-ring (bicyclic) bond motifs is 2. The molecule has 33 heavy (non-hydrogen) atoms. The first-order valence-electron chi connectivity index (χ1n) is 11.0. The Morgan fingerprint density at radius 3 is 2.85 bits per heavy atom. The van der Waals surface area contributed by atoms with E-state index in [1.807, 2.05) is 24.3 Å². The number of pyridine rings is 1. The van der Waals surface area contributed by atoms with Gasteiger partial charge in [0.15, 0.2) is 11.5 Å². The van der Waals surface area contributed by atoms with Gasteiger partial charge in [-0.3, -0.25) is 14.8 Å². The van der Waals surface area contributed by atoms with Crippen molar-refractivity contribution in [3.05, 3.63) is 71.3 Å². The normalized spacial score (nSPS) is 17.2. The molecule has 0 atom stereocenters. The minimum Gasteiger partial charge on any atom is -0.454 e. The summed E-state index contributed by atoms with van der Waals surface area (Å²) in [5.74, 6) is 0.896. The molecular formula is C25H22FN3O4. The number of carbonyl (C=O) groups is 1. The van der Waals surface area contributed by atoms with Crippen LogP contribution in [-0.4, -0.2) is 42.5 Å². The molecule has 4 heterocycles. The lowest BCUT2D eigenvalue weighted by molar-refractivity contribution is 0.174. The van der Waals surface area contributed by atoms with E-state index in [1.165, 1.54) is 23.4 Å². The van der Waals surface area contributed by atoms with E-state index in [9.17, 15) is 9.18 Å². The molecule has 0 saturated carbocycles. The summed E-state index contributed by atoms with van der Waals surface area (Å²) in [6.07, 6.45) is 3.39. The van der Waals surface area contributed by atoms with Gasteiger partial charge in [-0.25, -0.2) is 9.18 Å². The minimum atomic E-state index is -0.393. The first kappa shape index (κ1) is 20.0. The van der Waals surface area contributed by atoms with E-state index in [1.54, 1.807) is 11.1 Å². The number of cyclic esters (lactones) is 1. The average Bonchev–Trinajstić information content (AvgIpc) is 3.47. The molecule has 0 spiro atoms. The average molecular weight is 447 g/mol. The molecule has 1 fully saturated rings. The number of carbonyl (C=O) groups excluding carboxylic acids is 1. The minimum absolute atomic E-state index is 0.146. The zero-order valence-corrected chi connectivity index (χ0v) is 17.9. The zero-order chi connectivity index (χ0) is 22.4. The molecule has 0 radical (unpaired) electrons. The van der Waals surface area contributed by atoms with Crippen LogP contribution < -0.4 is 14.4 Å². The number of aromatic nitrogens is 1. The molecule has 2 aromatic carbocycles. The van der Waals surface area contributed by atoms with Gasteiger partial charge in [0.25, 0.3) is 0 Å². The highest BCUT2D eigenvalue weighted by atomic mass is 19.1. The summed E-state index contributed by atoms with van der Waals surface area (Å²) in [7, 11) is 0. The van der Waals surface area contributed by atoms with Gasteiger partial charge >= 0.3 is 6.09 Å². The number of hydrogen-bond donors (Lipinski definition) is 0. The summed E-state index contributed by atoms with van der Waals surface area (Å²) in [5.41, 5.74) is 5.88. The van der Waals surface area contributed by atoms with Gasteiger partial charge in [-0.1, -0.05) is 12.1 Å². The Morgan fingerprint density at radius 1 is 1.06 bits per heavy atom. The van der Waals surface area contributed by atoms with E-state index < -0.39 is 5.82 Å². The van der Waals surface area contributed by atoms with Crippen LogP contribution in [0.4, 0.5) is 14.9 Å². The van der Waals surface area contributed by atoms with Crippen LogP contribution >= 0.6 is 0 Å². The number of amides is 1. The van der Waals surface area contributed by atoms with E-state index >= 15 is 0 Å². The zero-order valence-electron chi connectivity index (χ0n) is 17.9. The van der Waals surface area contributed by atoms with Crippen LogP contribution in [0.1, 0.15) is 16.7 Å². The van der Waals surface area contributed by atoms with Crippen molar-refractivity contribution in [2.75, 3.05) is 31.4 Å².